The van der Waals surface area contributed by atoms with E-state index in [4.69, 9.17) is 20.6 Å². The van der Waals surface area contributed by atoms with Crippen molar-refractivity contribution in [1.82, 2.24) is 0 Å². The Kier molecular flexibility index (Phi) is 6.14. The fourth-order valence-electron chi connectivity index (χ4n) is 1.02. The molecule has 1 aromatic carbocycles. The van der Waals surface area contributed by atoms with Crippen molar-refractivity contribution in [2.75, 3.05) is 12.4 Å². The molecule has 0 N–H and O–H groups in total. The van der Waals surface area contributed by atoms with Crippen LogP contribution >= 0.6 is 29.8 Å². The molecule has 0 aromatic heterocycles. The van der Waals surface area contributed by atoms with Gasteiger partial charge >= 0.3 is 6.80 Å². The van der Waals surface area contributed by atoms with Crippen LogP contribution in [0.15, 0.2) is 36.9 Å². The Balaban J connectivity index is 2.74. The summed E-state index contributed by atoms with van der Waals surface area (Å²) in [6.07, 6.45) is 1.65. The average Bonchev–Trinajstić information content (AvgIpc) is 2.30. The zero-order valence-electron chi connectivity index (χ0n) is 9.47. The lowest BCUT2D eigenvalue weighted by Crippen LogP contribution is -1.95. The van der Waals surface area contributed by atoms with Gasteiger partial charge in [-0.2, -0.15) is 0 Å². The number of benzene rings is 1. The molecular formula is C11H14ClO3PS. The smallest absolute Gasteiger partial charge is 0.417 e. The molecule has 0 amide bonds. The first-order valence-electron chi connectivity index (χ1n) is 5.05. The Bertz CT molecular complexity index is 408. The van der Waals surface area contributed by atoms with E-state index >= 15 is 0 Å². The van der Waals surface area contributed by atoms with E-state index in [1.165, 1.54) is 0 Å². The maximum absolute atomic E-state index is 12.3. The minimum absolute atomic E-state index is 0.328. The fraction of sp³-hybridized carbons (Fsp3) is 0.273. The van der Waals surface area contributed by atoms with Crippen LogP contribution in [0.5, 0.6) is 5.75 Å². The molecule has 94 valence electrons. The van der Waals surface area contributed by atoms with E-state index in [-0.39, 0.29) is 0 Å². The Labute approximate surface area is 110 Å². The van der Waals surface area contributed by atoms with Gasteiger partial charge in [0.1, 0.15) is 5.75 Å². The molecule has 0 heterocycles. The highest BCUT2D eigenvalue weighted by Crippen LogP contribution is 2.59. The Hall–Kier alpha value is -0.410. The van der Waals surface area contributed by atoms with Crippen LogP contribution in [0.25, 0.3) is 0 Å². The van der Waals surface area contributed by atoms with Gasteiger partial charge in [0, 0.05) is 10.8 Å². The third-order valence-electron chi connectivity index (χ3n) is 1.67. The van der Waals surface area contributed by atoms with Gasteiger partial charge in [0.15, 0.2) is 0 Å². The molecule has 0 aliphatic heterocycles. The van der Waals surface area contributed by atoms with Crippen LogP contribution < -0.4 is 4.52 Å². The average molecular weight is 293 g/mol. The number of halogens is 1. The Morgan fingerprint density at radius 2 is 2.12 bits per heavy atom. The summed E-state index contributed by atoms with van der Waals surface area (Å²) in [5.41, 5.74) is 0. The van der Waals surface area contributed by atoms with E-state index in [2.05, 4.69) is 6.58 Å². The lowest BCUT2D eigenvalue weighted by Gasteiger charge is -2.16. The third-order valence-corrected chi connectivity index (χ3v) is 5.57. The van der Waals surface area contributed by atoms with Gasteiger partial charge in [0.25, 0.3) is 0 Å². The highest BCUT2D eigenvalue weighted by molar-refractivity contribution is 8.55. The Morgan fingerprint density at radius 3 is 2.65 bits per heavy atom. The molecule has 0 radical (unpaired) electrons. The molecule has 3 nitrogen and oxygen atoms in total. The molecule has 0 saturated heterocycles. The number of hydrogen-bond donors (Lipinski definition) is 0. The molecule has 0 spiro atoms. The second-order valence-corrected chi connectivity index (χ2v) is 7.47. The highest BCUT2D eigenvalue weighted by Gasteiger charge is 2.26. The van der Waals surface area contributed by atoms with Gasteiger partial charge in [0.2, 0.25) is 0 Å². The van der Waals surface area contributed by atoms with Crippen molar-refractivity contribution in [1.29, 1.82) is 0 Å². The second-order valence-electron chi connectivity index (χ2n) is 2.99. The van der Waals surface area contributed by atoms with Gasteiger partial charge in [-0.05, 0) is 42.6 Å². The molecule has 6 heteroatoms. The van der Waals surface area contributed by atoms with E-state index in [9.17, 15) is 4.57 Å². The van der Waals surface area contributed by atoms with Gasteiger partial charge in [-0.15, -0.1) is 6.58 Å². The summed E-state index contributed by atoms with van der Waals surface area (Å²) in [6.45, 7) is 2.50. The molecule has 1 aromatic rings. The topological polar surface area (TPSA) is 35.5 Å². The maximum atomic E-state index is 12.3. The lowest BCUT2D eigenvalue weighted by atomic mass is 10.3. The van der Waals surface area contributed by atoms with E-state index < -0.39 is 6.80 Å². The molecule has 17 heavy (non-hydrogen) atoms. The second kappa shape index (κ2) is 7.12. The summed E-state index contributed by atoms with van der Waals surface area (Å²) < 4.78 is 22.8. The third kappa shape index (κ3) is 5.17. The van der Waals surface area contributed by atoms with Crippen molar-refractivity contribution < 1.29 is 13.6 Å². The van der Waals surface area contributed by atoms with Gasteiger partial charge in [0.05, 0.1) is 6.61 Å². The van der Waals surface area contributed by atoms with Crippen LogP contribution in [0.3, 0.4) is 0 Å². The van der Waals surface area contributed by atoms with Crippen molar-refractivity contribution in [2.45, 2.75) is 6.92 Å². The standard InChI is InChI=1S/C11H14ClO3PS/c1-3-9-17-16(13,14-4-2)15-11-7-5-10(12)6-8-11/h3,5-8H,1,4,9H2,2H3. The van der Waals surface area contributed by atoms with Crippen LogP contribution in [-0.4, -0.2) is 12.4 Å². The summed E-state index contributed by atoms with van der Waals surface area (Å²) in [4.78, 5) is 0. The summed E-state index contributed by atoms with van der Waals surface area (Å²) in [5.74, 6) is 0.980. The van der Waals surface area contributed by atoms with Crippen molar-refractivity contribution >= 4 is 29.8 Å². The van der Waals surface area contributed by atoms with Crippen molar-refractivity contribution in [3.05, 3.63) is 41.9 Å². The maximum Gasteiger partial charge on any atom is 0.440 e. The normalized spacial score (nSPS) is 14.0. The van der Waals surface area contributed by atoms with E-state index in [1.54, 1.807) is 37.3 Å². The summed E-state index contributed by atoms with van der Waals surface area (Å²) in [6, 6.07) is 6.65. The van der Waals surface area contributed by atoms with Crippen LogP contribution in [-0.2, 0) is 9.09 Å². The van der Waals surface area contributed by atoms with Crippen LogP contribution in [0, 0.1) is 0 Å². The first kappa shape index (κ1) is 14.7. The van der Waals surface area contributed by atoms with Crippen LogP contribution in [0.4, 0.5) is 0 Å². The van der Waals surface area contributed by atoms with Crippen molar-refractivity contribution in [3.8, 4) is 5.75 Å². The van der Waals surface area contributed by atoms with Gasteiger partial charge in [-0.1, -0.05) is 17.7 Å². The molecule has 0 aliphatic rings. The molecule has 0 fully saturated rings. The van der Waals surface area contributed by atoms with Crippen molar-refractivity contribution in [2.24, 2.45) is 0 Å². The summed E-state index contributed by atoms with van der Waals surface area (Å²) >= 11 is 6.86. The van der Waals surface area contributed by atoms with E-state index in [0.29, 0.717) is 23.1 Å². The molecule has 0 saturated carbocycles. The van der Waals surface area contributed by atoms with Crippen LogP contribution in [0.2, 0.25) is 5.02 Å². The molecule has 1 rings (SSSR count). The summed E-state index contributed by atoms with van der Waals surface area (Å²) in [7, 11) is 0. The SMILES string of the molecule is C=CCSP(=O)(OCC)Oc1ccc(Cl)cc1. The molecule has 0 aliphatic carbocycles. The van der Waals surface area contributed by atoms with Gasteiger partial charge in [-0.3, -0.25) is 4.52 Å². The molecule has 1 atom stereocenters. The van der Waals surface area contributed by atoms with E-state index in [0.717, 1.165) is 11.4 Å². The van der Waals surface area contributed by atoms with Crippen molar-refractivity contribution in [3.63, 3.8) is 0 Å². The monoisotopic (exact) mass is 292 g/mol. The summed E-state index contributed by atoms with van der Waals surface area (Å²) in [5, 5.41) is 0.599. The molecule has 1 unspecified atom stereocenters. The first-order valence-corrected chi connectivity index (χ1v) is 8.56. The largest absolute Gasteiger partial charge is 0.440 e. The molecule has 0 bridgehead atoms. The minimum atomic E-state index is -3.17. The van der Waals surface area contributed by atoms with Gasteiger partial charge in [-0.25, -0.2) is 4.57 Å². The van der Waals surface area contributed by atoms with Crippen LogP contribution in [0.1, 0.15) is 6.92 Å². The minimum Gasteiger partial charge on any atom is -0.417 e. The molecular weight excluding hydrogens is 279 g/mol. The Morgan fingerprint density at radius 1 is 1.47 bits per heavy atom. The zero-order chi connectivity index (χ0) is 12.7. The van der Waals surface area contributed by atoms with Gasteiger partial charge < -0.3 is 4.52 Å². The first-order chi connectivity index (χ1) is 8.09. The number of hydrogen-bond acceptors (Lipinski definition) is 4. The predicted molar refractivity (Wildman–Crippen MR) is 74.0 cm³/mol. The lowest BCUT2D eigenvalue weighted by molar-refractivity contribution is 0.296. The predicted octanol–water partition coefficient (Wildman–Crippen LogP) is 4.78. The zero-order valence-corrected chi connectivity index (χ0v) is 11.9. The quantitative estimate of drug-likeness (QED) is 0.535. The highest BCUT2D eigenvalue weighted by atomic mass is 35.5. The number of rotatable bonds is 7. The fourth-order valence-corrected chi connectivity index (χ4v) is 4.13. The van der Waals surface area contributed by atoms with E-state index in [1.807, 2.05) is 0 Å².